The number of hydrogen-bond donors (Lipinski definition) is 0. The van der Waals surface area contributed by atoms with Crippen molar-refractivity contribution in [2.45, 2.75) is 16.0 Å². The first-order chi connectivity index (χ1) is 11.2. The Morgan fingerprint density at radius 2 is 1.92 bits per heavy atom. The molecule has 0 N–H and O–H groups in total. The van der Waals surface area contributed by atoms with Crippen LogP contribution >= 0.6 is 15.9 Å². The molecule has 0 bridgehead atoms. The number of benzene rings is 1. The highest BCUT2D eigenvalue weighted by molar-refractivity contribution is 9.10. The van der Waals surface area contributed by atoms with Crippen molar-refractivity contribution in [3.8, 4) is 5.88 Å². The lowest BCUT2D eigenvalue weighted by Gasteiger charge is -2.14. The summed E-state index contributed by atoms with van der Waals surface area (Å²) >= 11 is 3.10. The van der Waals surface area contributed by atoms with E-state index < -0.39 is 21.8 Å². The maximum absolute atomic E-state index is 13.3. The number of ether oxygens (including phenoxy) is 1. The Bertz CT molecular complexity index is 879. The molecule has 0 aliphatic carbocycles. The Labute approximate surface area is 144 Å². The van der Waals surface area contributed by atoms with E-state index in [9.17, 15) is 22.2 Å². The average molecular weight is 423 g/mol. The average Bonchev–Trinajstić information content (AvgIpc) is 2.54. The van der Waals surface area contributed by atoms with Crippen LogP contribution in [0.2, 0.25) is 0 Å². The van der Waals surface area contributed by atoms with Crippen LogP contribution in [0.4, 0.5) is 13.2 Å². The highest BCUT2D eigenvalue weighted by Crippen LogP contribution is 2.33. The molecule has 24 heavy (non-hydrogen) atoms. The molecule has 0 radical (unpaired) electrons. The van der Waals surface area contributed by atoms with E-state index in [2.05, 4.69) is 25.3 Å². The molecule has 5 nitrogen and oxygen atoms in total. The van der Waals surface area contributed by atoms with Crippen LogP contribution < -0.4 is 4.74 Å². The zero-order chi connectivity index (χ0) is 18.0. The minimum Gasteiger partial charge on any atom is -0.480 e. The fourth-order valence-corrected chi connectivity index (χ4v) is 4.23. The van der Waals surface area contributed by atoms with Crippen molar-refractivity contribution in [1.82, 2.24) is 4.98 Å². The summed E-state index contributed by atoms with van der Waals surface area (Å²) in [4.78, 5) is 14.9. The molecular formula is C14H10BrF3N2O3S. The Kier molecular flexibility index (Phi) is 5.29. The number of rotatable bonds is 3. The van der Waals surface area contributed by atoms with E-state index in [0.717, 1.165) is 0 Å². The molecule has 1 amide bonds. The quantitative estimate of drug-likeness (QED) is 0.753. The number of halogens is 4. The molecule has 10 heteroatoms. The smallest absolute Gasteiger partial charge is 0.474 e. The summed E-state index contributed by atoms with van der Waals surface area (Å²) in [5.74, 6) is -2.64. The van der Waals surface area contributed by atoms with Gasteiger partial charge in [-0.1, -0.05) is 18.2 Å². The van der Waals surface area contributed by atoms with Gasteiger partial charge in [0.1, 0.15) is 14.6 Å². The monoisotopic (exact) mass is 422 g/mol. The van der Waals surface area contributed by atoms with Gasteiger partial charge in [-0.25, -0.2) is 9.19 Å². The lowest BCUT2D eigenvalue weighted by molar-refractivity contribution is -0.169. The molecule has 128 valence electrons. The van der Waals surface area contributed by atoms with Gasteiger partial charge < -0.3 is 4.74 Å². The van der Waals surface area contributed by atoms with Gasteiger partial charge in [0, 0.05) is 10.7 Å². The summed E-state index contributed by atoms with van der Waals surface area (Å²) < 4.78 is 59.6. The van der Waals surface area contributed by atoms with Crippen LogP contribution in [-0.2, 0) is 14.5 Å². The van der Waals surface area contributed by atoms with Crippen molar-refractivity contribution in [2.75, 3.05) is 7.11 Å². The van der Waals surface area contributed by atoms with Crippen molar-refractivity contribution in [3.05, 3.63) is 47.1 Å². The first-order valence-corrected chi connectivity index (χ1v) is 8.62. The summed E-state index contributed by atoms with van der Waals surface area (Å²) in [6.07, 6.45) is -3.93. The van der Waals surface area contributed by atoms with Crippen LogP contribution in [0.5, 0.6) is 5.88 Å². The molecule has 0 aliphatic rings. The molecule has 0 fully saturated rings. The minimum absolute atomic E-state index is 0.0687. The molecule has 1 unspecified atom stereocenters. The van der Waals surface area contributed by atoms with Crippen LogP contribution in [0.25, 0.3) is 0 Å². The van der Waals surface area contributed by atoms with E-state index in [0.29, 0.717) is 4.47 Å². The van der Waals surface area contributed by atoms with Gasteiger partial charge >= 0.3 is 12.1 Å². The van der Waals surface area contributed by atoms with Gasteiger partial charge in [0.05, 0.1) is 12.0 Å². The van der Waals surface area contributed by atoms with Crippen LogP contribution in [-0.4, -0.2) is 28.4 Å². The van der Waals surface area contributed by atoms with Gasteiger partial charge in [-0.15, -0.1) is 4.36 Å². The molecule has 1 aromatic heterocycles. The van der Waals surface area contributed by atoms with Crippen molar-refractivity contribution < 1.29 is 26.9 Å². The summed E-state index contributed by atoms with van der Waals surface area (Å²) in [7, 11) is -2.74. The van der Waals surface area contributed by atoms with Gasteiger partial charge in [0.25, 0.3) is 0 Å². The van der Waals surface area contributed by atoms with E-state index in [-0.39, 0.29) is 15.7 Å². The number of alkyl halides is 3. The molecule has 1 aromatic carbocycles. The SMILES string of the molecule is COc1ncc(Br)cc1S(=O)(=NC(=O)C(F)(F)F)c1ccccc1. The highest BCUT2D eigenvalue weighted by Gasteiger charge is 2.40. The molecule has 0 saturated carbocycles. The number of pyridine rings is 1. The predicted molar refractivity (Wildman–Crippen MR) is 83.1 cm³/mol. The Balaban J connectivity index is 2.84. The summed E-state index contributed by atoms with van der Waals surface area (Å²) in [5.41, 5.74) is 0. The Morgan fingerprint density at radius 1 is 1.29 bits per heavy atom. The lowest BCUT2D eigenvalue weighted by Crippen LogP contribution is -2.22. The first-order valence-electron chi connectivity index (χ1n) is 6.31. The van der Waals surface area contributed by atoms with Gasteiger partial charge in [-0.2, -0.15) is 13.2 Å². The van der Waals surface area contributed by atoms with E-state index in [1.54, 1.807) is 6.07 Å². The van der Waals surface area contributed by atoms with E-state index in [1.807, 2.05) is 0 Å². The summed E-state index contributed by atoms with van der Waals surface area (Å²) in [6, 6.07) is 8.42. The number of carbonyl (C=O) groups is 1. The standard InChI is InChI=1S/C14H10BrF3N2O3S/c1-23-12-11(7-9(15)8-19-12)24(22,10-5-3-2-4-6-10)20-13(21)14(16,17)18/h2-8H,1H3. The third-order valence-electron chi connectivity index (χ3n) is 2.79. The molecule has 0 saturated heterocycles. The molecule has 1 atom stereocenters. The Hall–Kier alpha value is -1.94. The summed E-state index contributed by atoms with van der Waals surface area (Å²) in [5, 5.41) is 0. The molecule has 2 aromatic rings. The topological polar surface area (TPSA) is 68.6 Å². The number of carbonyl (C=O) groups excluding carboxylic acids is 1. The van der Waals surface area contributed by atoms with Crippen molar-refractivity contribution in [1.29, 1.82) is 0 Å². The van der Waals surface area contributed by atoms with Gasteiger partial charge in [-0.05, 0) is 34.1 Å². The van der Waals surface area contributed by atoms with Gasteiger partial charge in [0.2, 0.25) is 5.88 Å². The maximum atomic E-state index is 13.3. The molecule has 1 heterocycles. The molecular weight excluding hydrogens is 413 g/mol. The predicted octanol–water partition coefficient (Wildman–Crippen LogP) is 3.83. The molecule has 0 spiro atoms. The maximum Gasteiger partial charge on any atom is 0.474 e. The van der Waals surface area contributed by atoms with Crippen molar-refractivity contribution in [2.24, 2.45) is 4.36 Å². The molecule has 2 rings (SSSR count). The normalized spacial score (nSPS) is 13.9. The largest absolute Gasteiger partial charge is 0.480 e. The number of hydrogen-bond acceptors (Lipinski definition) is 4. The van der Waals surface area contributed by atoms with Crippen LogP contribution in [0, 0.1) is 0 Å². The van der Waals surface area contributed by atoms with Crippen LogP contribution in [0.15, 0.2) is 61.2 Å². The third-order valence-corrected chi connectivity index (χ3v) is 5.45. The fraction of sp³-hybridized carbons (Fsp3) is 0.143. The van der Waals surface area contributed by atoms with Crippen molar-refractivity contribution >= 4 is 31.6 Å². The second-order valence-electron chi connectivity index (χ2n) is 4.39. The second-order valence-corrected chi connectivity index (χ2v) is 7.46. The number of amides is 1. The third kappa shape index (κ3) is 3.75. The zero-order valence-electron chi connectivity index (χ0n) is 12.1. The molecule has 0 aliphatic heterocycles. The number of nitrogens with zero attached hydrogens (tertiary/aromatic N) is 2. The van der Waals surface area contributed by atoms with Crippen molar-refractivity contribution in [3.63, 3.8) is 0 Å². The van der Waals surface area contributed by atoms with Gasteiger partial charge in [0.15, 0.2) is 0 Å². The van der Waals surface area contributed by atoms with E-state index >= 15 is 0 Å². The summed E-state index contributed by atoms with van der Waals surface area (Å²) in [6.45, 7) is 0. The van der Waals surface area contributed by atoms with Crippen LogP contribution in [0.3, 0.4) is 0 Å². The fourth-order valence-electron chi connectivity index (χ4n) is 1.76. The Morgan fingerprint density at radius 3 is 2.46 bits per heavy atom. The van der Waals surface area contributed by atoms with Gasteiger partial charge in [-0.3, -0.25) is 4.79 Å². The number of aromatic nitrogens is 1. The minimum atomic E-state index is -5.25. The van der Waals surface area contributed by atoms with E-state index in [1.165, 1.54) is 43.6 Å². The van der Waals surface area contributed by atoms with E-state index in [4.69, 9.17) is 4.74 Å². The zero-order valence-corrected chi connectivity index (χ0v) is 14.5. The first kappa shape index (κ1) is 18.4. The lowest BCUT2D eigenvalue weighted by atomic mass is 10.4. The highest BCUT2D eigenvalue weighted by atomic mass is 79.9. The second kappa shape index (κ2) is 6.89. The van der Waals surface area contributed by atoms with Crippen LogP contribution in [0.1, 0.15) is 0 Å². The number of methoxy groups -OCH3 is 1.